The van der Waals surface area contributed by atoms with E-state index in [2.05, 4.69) is 0 Å². The molecule has 0 saturated carbocycles. The number of phenolic OH excluding ortho intramolecular Hbond substituents is 2. The van der Waals surface area contributed by atoms with Crippen molar-refractivity contribution in [3.63, 3.8) is 0 Å². The van der Waals surface area contributed by atoms with Gasteiger partial charge in [0.05, 0.1) is 42.1 Å². The van der Waals surface area contributed by atoms with Gasteiger partial charge in [-0.15, -0.1) is 6.04 Å². The molecule has 4 unspecified atom stereocenters. The molecule has 2 aromatic rings. The van der Waals surface area contributed by atoms with Gasteiger partial charge in [-0.1, -0.05) is 12.1 Å². The SMILES string of the molecule is COc1cccc2c1C(=O)c1c(O)c3c(c(O)c1C2=O)C[C@@](O)(C(=O)CO)C[C@@H]3OC1CC([NH-])C(O)C(C)O1.[Fe]. The first-order valence-corrected chi connectivity index (χ1v) is 12.4. The number of hydrogen-bond acceptors (Lipinski definition) is 11. The third-order valence-corrected chi connectivity index (χ3v) is 7.76. The van der Waals surface area contributed by atoms with E-state index in [0.29, 0.717) is 0 Å². The Morgan fingerprint density at radius 1 is 1.15 bits per heavy atom. The Morgan fingerprint density at radius 2 is 1.82 bits per heavy atom. The van der Waals surface area contributed by atoms with Crippen LogP contribution in [0, 0.1) is 0 Å². The largest absolute Gasteiger partial charge is 0.672 e. The Bertz CT molecular complexity index is 1380. The normalized spacial score (nSPS) is 29.1. The third-order valence-electron chi connectivity index (χ3n) is 7.76. The van der Waals surface area contributed by atoms with Crippen molar-refractivity contribution in [3.05, 3.63) is 57.3 Å². The predicted molar refractivity (Wildman–Crippen MR) is 132 cm³/mol. The van der Waals surface area contributed by atoms with E-state index in [9.17, 15) is 39.9 Å². The minimum atomic E-state index is -2.26. The van der Waals surface area contributed by atoms with Crippen LogP contribution in [-0.4, -0.2) is 86.7 Å². The summed E-state index contributed by atoms with van der Waals surface area (Å²) in [5, 5.41) is 53.6. The van der Waals surface area contributed by atoms with Crippen molar-refractivity contribution in [2.45, 2.75) is 62.4 Å². The van der Waals surface area contributed by atoms with Gasteiger partial charge in [-0.05, 0) is 19.4 Å². The summed E-state index contributed by atoms with van der Waals surface area (Å²) in [5.41, 5.74) is 4.39. The van der Waals surface area contributed by atoms with Crippen LogP contribution in [0.5, 0.6) is 17.2 Å². The first-order chi connectivity index (χ1) is 18.4. The zero-order chi connectivity index (χ0) is 28.4. The molecule has 2 aliphatic carbocycles. The number of ketones is 3. The van der Waals surface area contributed by atoms with Crippen LogP contribution in [0.2, 0.25) is 0 Å². The number of phenols is 2. The van der Waals surface area contributed by atoms with Gasteiger partial charge in [0.2, 0.25) is 5.78 Å². The molecule has 0 spiro atoms. The minimum Gasteiger partial charge on any atom is -0.672 e. The molecule has 0 radical (unpaired) electrons. The van der Waals surface area contributed by atoms with E-state index in [0.717, 1.165) is 0 Å². The van der Waals surface area contributed by atoms with Crippen molar-refractivity contribution in [2.75, 3.05) is 13.7 Å². The second-order valence-electron chi connectivity index (χ2n) is 10.1. The molecular formula is C27H28FeNO11-. The molecule has 0 amide bonds. The maximum Gasteiger partial charge on any atom is 0.202 e. The summed E-state index contributed by atoms with van der Waals surface area (Å²) in [6.45, 7) is 0.510. The summed E-state index contributed by atoms with van der Waals surface area (Å²) >= 11 is 0. The number of fused-ring (bicyclic) bond motifs is 3. The predicted octanol–water partition coefficient (Wildman–Crippen LogP) is 1.09. The van der Waals surface area contributed by atoms with Gasteiger partial charge in [0.25, 0.3) is 0 Å². The molecule has 1 saturated heterocycles. The minimum absolute atomic E-state index is 0. The molecule has 0 aromatic heterocycles. The van der Waals surface area contributed by atoms with E-state index in [1.165, 1.54) is 32.2 Å². The van der Waals surface area contributed by atoms with Gasteiger partial charge in [-0.25, -0.2) is 0 Å². The van der Waals surface area contributed by atoms with Crippen LogP contribution >= 0.6 is 0 Å². The van der Waals surface area contributed by atoms with Gasteiger partial charge in [0.1, 0.15) is 29.5 Å². The number of benzene rings is 2. The number of carbonyl (C=O) groups excluding carboxylic acids is 3. The van der Waals surface area contributed by atoms with Crippen LogP contribution in [0.15, 0.2) is 18.2 Å². The zero-order valence-corrected chi connectivity index (χ0v) is 22.6. The number of Topliss-reactive ketones (excluding diaryl/α,β-unsaturated/α-hetero) is 1. The summed E-state index contributed by atoms with van der Waals surface area (Å²) in [4.78, 5) is 39.7. The topological polar surface area (TPSA) is 204 Å². The molecule has 5 rings (SSSR count). The summed E-state index contributed by atoms with van der Waals surface area (Å²) in [6, 6.07) is 3.37. The average molecular weight is 598 g/mol. The molecule has 1 fully saturated rings. The van der Waals surface area contributed by atoms with Crippen LogP contribution in [0.3, 0.4) is 0 Å². The molecule has 13 heteroatoms. The molecule has 40 heavy (non-hydrogen) atoms. The fourth-order valence-corrected chi connectivity index (χ4v) is 5.71. The number of methoxy groups -OCH3 is 1. The summed E-state index contributed by atoms with van der Waals surface area (Å²) < 4.78 is 16.9. The Kier molecular flexibility index (Phi) is 8.16. The molecule has 216 valence electrons. The molecular weight excluding hydrogens is 570 g/mol. The summed E-state index contributed by atoms with van der Waals surface area (Å²) in [6.07, 6.45) is -5.53. The van der Waals surface area contributed by atoms with Crippen molar-refractivity contribution in [1.82, 2.24) is 0 Å². The Labute approximate surface area is 239 Å². The number of hydrogen-bond donors (Lipinski definition) is 5. The Balaban J connectivity index is 0.00000370. The number of aromatic hydroxyl groups is 2. The Hall–Kier alpha value is -2.87. The van der Waals surface area contributed by atoms with Gasteiger partial charge >= 0.3 is 0 Å². The van der Waals surface area contributed by atoms with E-state index < -0.39 is 95.7 Å². The molecule has 1 aliphatic heterocycles. The van der Waals surface area contributed by atoms with Crippen LogP contribution in [-0.2, 0) is 37.8 Å². The first-order valence-electron chi connectivity index (χ1n) is 12.4. The van der Waals surface area contributed by atoms with Crippen molar-refractivity contribution in [2.24, 2.45) is 0 Å². The van der Waals surface area contributed by atoms with Crippen LogP contribution in [0.1, 0.15) is 68.8 Å². The van der Waals surface area contributed by atoms with E-state index in [4.69, 9.17) is 19.9 Å². The van der Waals surface area contributed by atoms with Gasteiger partial charge in [-0.3, -0.25) is 14.4 Å². The second-order valence-corrected chi connectivity index (χ2v) is 10.1. The van der Waals surface area contributed by atoms with Crippen LogP contribution in [0.4, 0.5) is 0 Å². The number of aliphatic hydroxyl groups excluding tert-OH is 2. The molecule has 6 N–H and O–H groups in total. The molecule has 2 aromatic carbocycles. The number of nitrogens with one attached hydrogen (secondary N) is 1. The van der Waals surface area contributed by atoms with Crippen LogP contribution in [0.25, 0.3) is 5.73 Å². The average Bonchev–Trinajstić information content (AvgIpc) is 2.90. The van der Waals surface area contributed by atoms with E-state index in [1.54, 1.807) is 0 Å². The summed E-state index contributed by atoms with van der Waals surface area (Å²) in [5.74, 6) is -3.84. The Morgan fingerprint density at radius 3 is 2.45 bits per heavy atom. The number of carbonyl (C=O) groups is 3. The molecule has 0 bridgehead atoms. The van der Waals surface area contributed by atoms with Crippen LogP contribution < -0.4 is 4.74 Å². The molecule has 6 atom stereocenters. The monoisotopic (exact) mass is 598 g/mol. The fourth-order valence-electron chi connectivity index (χ4n) is 5.71. The van der Waals surface area contributed by atoms with Gasteiger partial charge in [0, 0.05) is 46.6 Å². The van der Waals surface area contributed by atoms with Gasteiger partial charge < -0.3 is 45.5 Å². The van der Waals surface area contributed by atoms with Gasteiger partial charge in [0.15, 0.2) is 17.9 Å². The second kappa shape index (κ2) is 10.8. The van der Waals surface area contributed by atoms with Crippen molar-refractivity contribution in [3.8, 4) is 17.2 Å². The maximum atomic E-state index is 13.6. The van der Waals surface area contributed by atoms with Crippen molar-refractivity contribution >= 4 is 17.3 Å². The zero-order valence-electron chi connectivity index (χ0n) is 21.5. The van der Waals surface area contributed by atoms with Gasteiger partial charge in [-0.2, -0.15) is 0 Å². The number of ether oxygens (including phenoxy) is 3. The number of aliphatic hydroxyl groups is 3. The van der Waals surface area contributed by atoms with E-state index >= 15 is 0 Å². The van der Waals surface area contributed by atoms with Crippen molar-refractivity contribution < 1.29 is 71.2 Å². The van der Waals surface area contributed by atoms with Crippen molar-refractivity contribution in [1.29, 1.82) is 0 Å². The fraction of sp³-hybridized carbons (Fsp3) is 0.444. The maximum absolute atomic E-state index is 13.6. The quantitative estimate of drug-likeness (QED) is 0.208. The smallest absolute Gasteiger partial charge is 0.202 e. The molecule has 3 aliphatic rings. The van der Waals surface area contributed by atoms with E-state index in [-0.39, 0.29) is 51.5 Å². The standard InChI is InChI=1S/C27H28NO11.Fe/c1-10-22(31)13(28)6-17(38-10)39-15-8-27(36,16(30)9-29)7-12-19(15)26(35)21-20(24(12)33)23(32)11-4-3-5-14(37-2)18(11)25(21)34;/h3-5,10,13,15,17,22,28-29,31,33,35-36H,6-9H2,1-2H3;/q-1;/t10?,13?,15-,17?,22?,27-;/m0./s1. The first kappa shape index (κ1) is 30.1. The third kappa shape index (κ3) is 4.52. The molecule has 1 heterocycles. The number of rotatable bonds is 5. The summed E-state index contributed by atoms with van der Waals surface area (Å²) in [7, 11) is 1.32. The molecule has 12 nitrogen and oxygen atoms in total. The van der Waals surface area contributed by atoms with E-state index in [1.807, 2.05) is 0 Å².